The van der Waals surface area contributed by atoms with Crippen molar-refractivity contribution in [1.82, 2.24) is 5.32 Å². The predicted octanol–water partition coefficient (Wildman–Crippen LogP) is 2.81. The van der Waals surface area contributed by atoms with Gasteiger partial charge in [-0.15, -0.1) is 0 Å². The van der Waals surface area contributed by atoms with Crippen LogP contribution in [0.2, 0.25) is 0 Å². The number of nitrogens with one attached hydrogen (secondary N) is 1. The Hall–Kier alpha value is -3.21. The highest BCUT2D eigenvalue weighted by Crippen LogP contribution is 2.21. The fraction of sp³-hybridized carbons (Fsp3) is 0.150. The van der Waals surface area contributed by atoms with Crippen molar-refractivity contribution in [1.29, 1.82) is 0 Å². The standard InChI is InChI=1S/C20H17NO4/c1-3-13-7-8-15(12(2)9-13)11-25-17(22)10-14-5-4-6-16-18(14)20(24)21-19(16)23/h3-9H,1,10-11H2,2H3,(H,21,23,24). The zero-order valence-electron chi connectivity index (χ0n) is 13.8. The van der Waals surface area contributed by atoms with Gasteiger partial charge in [0.15, 0.2) is 0 Å². The van der Waals surface area contributed by atoms with Crippen molar-refractivity contribution in [3.63, 3.8) is 0 Å². The molecule has 0 unspecified atom stereocenters. The topological polar surface area (TPSA) is 72.5 Å². The van der Waals surface area contributed by atoms with Crippen LogP contribution in [-0.2, 0) is 22.6 Å². The Labute approximate surface area is 145 Å². The molecule has 3 rings (SSSR count). The molecule has 1 aliphatic rings. The van der Waals surface area contributed by atoms with E-state index in [0.29, 0.717) is 11.1 Å². The maximum absolute atomic E-state index is 12.2. The average molecular weight is 335 g/mol. The van der Waals surface area contributed by atoms with Gasteiger partial charge in [0.25, 0.3) is 11.8 Å². The number of fused-ring (bicyclic) bond motifs is 1. The summed E-state index contributed by atoms with van der Waals surface area (Å²) in [6, 6.07) is 10.6. The molecular formula is C20H17NO4. The van der Waals surface area contributed by atoms with Crippen LogP contribution >= 0.6 is 0 Å². The largest absolute Gasteiger partial charge is 0.461 e. The molecule has 0 saturated heterocycles. The van der Waals surface area contributed by atoms with Gasteiger partial charge in [-0.2, -0.15) is 0 Å². The second kappa shape index (κ2) is 6.73. The molecule has 0 saturated carbocycles. The summed E-state index contributed by atoms with van der Waals surface area (Å²) < 4.78 is 5.33. The number of hydrogen-bond acceptors (Lipinski definition) is 4. The third-order valence-electron chi connectivity index (χ3n) is 4.18. The van der Waals surface area contributed by atoms with Gasteiger partial charge in [0.1, 0.15) is 6.61 Å². The van der Waals surface area contributed by atoms with Gasteiger partial charge in [0, 0.05) is 0 Å². The number of carbonyl (C=O) groups is 3. The van der Waals surface area contributed by atoms with Gasteiger partial charge < -0.3 is 4.74 Å². The number of carbonyl (C=O) groups excluding carboxylic acids is 3. The Morgan fingerprint density at radius 2 is 1.96 bits per heavy atom. The van der Waals surface area contributed by atoms with Crippen LogP contribution in [0.5, 0.6) is 0 Å². The van der Waals surface area contributed by atoms with Crippen molar-refractivity contribution >= 4 is 23.9 Å². The first-order valence-electron chi connectivity index (χ1n) is 7.84. The smallest absolute Gasteiger partial charge is 0.310 e. The zero-order valence-corrected chi connectivity index (χ0v) is 13.8. The summed E-state index contributed by atoms with van der Waals surface area (Å²) in [5, 5.41) is 2.23. The molecule has 1 N–H and O–H groups in total. The van der Waals surface area contributed by atoms with Gasteiger partial charge >= 0.3 is 5.97 Å². The molecular weight excluding hydrogens is 318 g/mol. The third kappa shape index (κ3) is 3.35. The van der Waals surface area contributed by atoms with Crippen molar-refractivity contribution in [2.75, 3.05) is 0 Å². The van der Waals surface area contributed by atoms with Crippen molar-refractivity contribution in [3.05, 3.63) is 76.4 Å². The molecule has 5 nitrogen and oxygen atoms in total. The van der Waals surface area contributed by atoms with E-state index < -0.39 is 17.8 Å². The molecule has 1 aliphatic heterocycles. The van der Waals surface area contributed by atoms with Crippen LogP contribution in [0.25, 0.3) is 6.08 Å². The quantitative estimate of drug-likeness (QED) is 0.674. The molecule has 0 radical (unpaired) electrons. The molecule has 1 heterocycles. The molecule has 2 aromatic rings. The fourth-order valence-corrected chi connectivity index (χ4v) is 2.81. The molecule has 0 atom stereocenters. The first-order chi connectivity index (χ1) is 12.0. The zero-order chi connectivity index (χ0) is 18.0. The summed E-state index contributed by atoms with van der Waals surface area (Å²) in [6.07, 6.45) is 1.69. The Kier molecular flexibility index (Phi) is 4.48. The number of amides is 2. The lowest BCUT2D eigenvalue weighted by molar-refractivity contribution is -0.144. The monoisotopic (exact) mass is 335 g/mol. The van der Waals surface area contributed by atoms with E-state index in [-0.39, 0.29) is 18.6 Å². The number of aryl methyl sites for hydroxylation is 1. The Morgan fingerprint density at radius 3 is 2.68 bits per heavy atom. The van der Waals surface area contributed by atoms with E-state index in [1.54, 1.807) is 24.3 Å². The minimum Gasteiger partial charge on any atom is -0.461 e. The third-order valence-corrected chi connectivity index (χ3v) is 4.18. The van der Waals surface area contributed by atoms with E-state index in [9.17, 15) is 14.4 Å². The number of hydrogen-bond donors (Lipinski definition) is 1. The number of imide groups is 1. The summed E-state index contributed by atoms with van der Waals surface area (Å²) >= 11 is 0. The predicted molar refractivity (Wildman–Crippen MR) is 93.0 cm³/mol. The van der Waals surface area contributed by atoms with E-state index in [0.717, 1.165) is 16.7 Å². The van der Waals surface area contributed by atoms with E-state index in [2.05, 4.69) is 11.9 Å². The lowest BCUT2D eigenvalue weighted by Gasteiger charge is -2.09. The van der Waals surface area contributed by atoms with Gasteiger partial charge in [-0.3, -0.25) is 19.7 Å². The number of esters is 1. The molecule has 0 spiro atoms. The maximum atomic E-state index is 12.2. The molecule has 5 heteroatoms. The lowest BCUT2D eigenvalue weighted by Crippen LogP contribution is -2.20. The van der Waals surface area contributed by atoms with Crippen LogP contribution in [0, 0.1) is 6.92 Å². The van der Waals surface area contributed by atoms with Crippen LogP contribution in [0.15, 0.2) is 43.0 Å². The second-order valence-corrected chi connectivity index (χ2v) is 5.85. The second-order valence-electron chi connectivity index (χ2n) is 5.85. The summed E-state index contributed by atoms with van der Waals surface area (Å²) in [5.74, 6) is -1.36. The Bertz CT molecular complexity index is 899. The van der Waals surface area contributed by atoms with Crippen molar-refractivity contribution in [2.24, 2.45) is 0 Å². The first kappa shape index (κ1) is 16.6. The molecule has 0 fully saturated rings. The molecule has 25 heavy (non-hydrogen) atoms. The van der Waals surface area contributed by atoms with E-state index in [1.165, 1.54) is 0 Å². The summed E-state index contributed by atoms with van der Waals surface area (Å²) in [5.41, 5.74) is 3.97. The minimum atomic E-state index is -0.473. The molecule has 0 bridgehead atoms. The SMILES string of the molecule is C=Cc1ccc(COC(=O)Cc2cccc3c2C(=O)NC3=O)c(C)c1. The molecule has 2 amide bonds. The highest BCUT2D eigenvalue weighted by Gasteiger charge is 2.29. The van der Waals surface area contributed by atoms with Crippen LogP contribution in [0.1, 0.15) is 43.0 Å². The van der Waals surface area contributed by atoms with Crippen LogP contribution < -0.4 is 5.32 Å². The normalized spacial score (nSPS) is 12.5. The number of rotatable bonds is 5. The average Bonchev–Trinajstić information content (AvgIpc) is 2.89. The maximum Gasteiger partial charge on any atom is 0.310 e. The highest BCUT2D eigenvalue weighted by atomic mass is 16.5. The number of benzene rings is 2. The van der Waals surface area contributed by atoms with E-state index in [4.69, 9.17) is 4.74 Å². The lowest BCUT2D eigenvalue weighted by atomic mass is 10.0. The number of ether oxygens (including phenoxy) is 1. The Balaban J connectivity index is 1.69. The fourth-order valence-electron chi connectivity index (χ4n) is 2.81. The van der Waals surface area contributed by atoms with E-state index >= 15 is 0 Å². The minimum absolute atomic E-state index is 0.0618. The summed E-state index contributed by atoms with van der Waals surface area (Å²) in [4.78, 5) is 35.7. The van der Waals surface area contributed by atoms with Crippen molar-refractivity contribution < 1.29 is 19.1 Å². The first-order valence-corrected chi connectivity index (χ1v) is 7.84. The van der Waals surface area contributed by atoms with Crippen LogP contribution in [0.4, 0.5) is 0 Å². The van der Waals surface area contributed by atoms with Gasteiger partial charge in [0.2, 0.25) is 0 Å². The Morgan fingerprint density at radius 1 is 1.16 bits per heavy atom. The van der Waals surface area contributed by atoms with Crippen LogP contribution in [0.3, 0.4) is 0 Å². The van der Waals surface area contributed by atoms with Gasteiger partial charge in [-0.25, -0.2) is 0 Å². The molecule has 0 aliphatic carbocycles. The van der Waals surface area contributed by atoms with Crippen molar-refractivity contribution in [2.45, 2.75) is 20.0 Å². The van der Waals surface area contributed by atoms with Crippen LogP contribution in [-0.4, -0.2) is 17.8 Å². The molecule has 2 aromatic carbocycles. The van der Waals surface area contributed by atoms with Gasteiger partial charge in [0.05, 0.1) is 17.5 Å². The molecule has 126 valence electrons. The van der Waals surface area contributed by atoms with Gasteiger partial charge in [-0.1, -0.05) is 43.0 Å². The van der Waals surface area contributed by atoms with E-state index in [1.807, 2.05) is 25.1 Å². The van der Waals surface area contributed by atoms with Gasteiger partial charge in [-0.05, 0) is 35.2 Å². The molecule has 0 aromatic heterocycles. The summed E-state index contributed by atoms with van der Waals surface area (Å²) in [7, 11) is 0. The highest BCUT2D eigenvalue weighted by molar-refractivity contribution is 6.22. The summed E-state index contributed by atoms with van der Waals surface area (Å²) in [6.45, 7) is 5.82. The van der Waals surface area contributed by atoms with Crippen molar-refractivity contribution in [3.8, 4) is 0 Å².